The quantitative estimate of drug-likeness (QED) is 0.840. The van der Waals surface area contributed by atoms with Crippen molar-refractivity contribution in [3.05, 3.63) is 0 Å². The number of likely N-dealkylation sites (tertiary alicyclic amines) is 2. The largest absolute Gasteiger partial charge is 0.444 e. The van der Waals surface area contributed by atoms with Crippen LogP contribution >= 0.6 is 0 Å². The van der Waals surface area contributed by atoms with Gasteiger partial charge in [-0.25, -0.2) is 4.79 Å². The second kappa shape index (κ2) is 6.86. The fraction of sp³-hybridized carbons (Fsp3) is 0.875. The summed E-state index contributed by atoms with van der Waals surface area (Å²) in [6, 6.07) is 0.255. The molecular formula is C16H29N3O3. The van der Waals surface area contributed by atoms with Gasteiger partial charge in [-0.3, -0.25) is 4.79 Å². The number of nitrogens with zero attached hydrogens (tertiary/aromatic N) is 2. The van der Waals surface area contributed by atoms with Crippen LogP contribution in [0.1, 0.15) is 46.5 Å². The molecule has 6 nitrogen and oxygen atoms in total. The van der Waals surface area contributed by atoms with E-state index >= 15 is 0 Å². The summed E-state index contributed by atoms with van der Waals surface area (Å²) in [5, 5.41) is 0. The van der Waals surface area contributed by atoms with Gasteiger partial charge in [0.1, 0.15) is 5.60 Å². The van der Waals surface area contributed by atoms with Gasteiger partial charge >= 0.3 is 6.09 Å². The number of carbonyl (C=O) groups is 2. The van der Waals surface area contributed by atoms with Crippen LogP contribution < -0.4 is 5.73 Å². The van der Waals surface area contributed by atoms with Crippen LogP contribution in [0.3, 0.4) is 0 Å². The Hall–Kier alpha value is -1.30. The number of ether oxygens (including phenoxy) is 1. The number of hydrogen-bond acceptors (Lipinski definition) is 4. The summed E-state index contributed by atoms with van der Waals surface area (Å²) in [5.41, 5.74) is 5.20. The lowest BCUT2D eigenvalue weighted by molar-refractivity contribution is -0.138. The Kier molecular flexibility index (Phi) is 5.32. The Labute approximate surface area is 132 Å². The molecule has 6 heteroatoms. The van der Waals surface area contributed by atoms with Gasteiger partial charge in [0.2, 0.25) is 5.91 Å². The van der Waals surface area contributed by atoms with Crippen LogP contribution in [-0.4, -0.2) is 59.6 Å². The molecule has 126 valence electrons. The van der Waals surface area contributed by atoms with Gasteiger partial charge in [-0.15, -0.1) is 0 Å². The third-order valence-electron chi connectivity index (χ3n) is 4.45. The molecule has 2 N–H and O–H groups in total. The predicted molar refractivity (Wildman–Crippen MR) is 84.3 cm³/mol. The summed E-state index contributed by atoms with van der Waals surface area (Å²) in [6.45, 7) is 8.33. The number of amides is 2. The summed E-state index contributed by atoms with van der Waals surface area (Å²) in [6.07, 6.45) is 2.98. The second-order valence-corrected chi connectivity index (χ2v) is 7.38. The minimum absolute atomic E-state index is 0.220. The van der Waals surface area contributed by atoms with Gasteiger partial charge in [-0.05, 0) is 52.5 Å². The number of piperidine rings is 2. The number of hydrogen-bond donors (Lipinski definition) is 1. The molecule has 2 saturated heterocycles. The Morgan fingerprint density at radius 1 is 1.23 bits per heavy atom. The van der Waals surface area contributed by atoms with Crippen LogP contribution in [0.15, 0.2) is 0 Å². The first-order valence-electron chi connectivity index (χ1n) is 8.27. The van der Waals surface area contributed by atoms with E-state index in [2.05, 4.69) is 0 Å². The average Bonchev–Trinajstić information content (AvgIpc) is 2.45. The first-order chi connectivity index (χ1) is 10.3. The van der Waals surface area contributed by atoms with Crippen LogP contribution in [0.5, 0.6) is 0 Å². The van der Waals surface area contributed by atoms with Crippen LogP contribution in [0.25, 0.3) is 0 Å². The minimum atomic E-state index is -0.464. The molecule has 0 saturated carbocycles. The van der Waals surface area contributed by atoms with E-state index in [1.807, 2.05) is 25.7 Å². The molecule has 0 spiro atoms. The maximum atomic E-state index is 12.2. The van der Waals surface area contributed by atoms with Crippen molar-refractivity contribution in [3.63, 3.8) is 0 Å². The summed E-state index contributed by atoms with van der Waals surface area (Å²) >= 11 is 0. The van der Waals surface area contributed by atoms with Crippen LogP contribution in [-0.2, 0) is 9.53 Å². The molecule has 0 aromatic rings. The molecule has 2 amide bonds. The van der Waals surface area contributed by atoms with E-state index in [1.54, 1.807) is 4.90 Å². The lowest BCUT2D eigenvalue weighted by Gasteiger charge is -2.41. The SMILES string of the molecule is CC(C)(C)OC(=O)N1CCC(N2CCC(CN)CC2=O)CC1. The molecule has 2 aliphatic heterocycles. The normalized spacial score (nSPS) is 24.5. The molecule has 1 atom stereocenters. The molecule has 2 heterocycles. The zero-order valence-corrected chi connectivity index (χ0v) is 14.0. The fourth-order valence-electron chi connectivity index (χ4n) is 3.19. The van der Waals surface area contributed by atoms with Crippen molar-refractivity contribution >= 4 is 12.0 Å². The van der Waals surface area contributed by atoms with Crippen molar-refractivity contribution in [3.8, 4) is 0 Å². The molecule has 1 unspecified atom stereocenters. The standard InChI is InChI=1S/C16H29N3O3/c1-16(2,3)22-15(21)18-7-5-13(6-8-18)19-9-4-12(11-17)10-14(19)20/h12-13H,4-11,17H2,1-3H3. The Morgan fingerprint density at radius 2 is 1.86 bits per heavy atom. The van der Waals surface area contributed by atoms with Crippen molar-refractivity contribution in [1.29, 1.82) is 0 Å². The number of carbonyl (C=O) groups excluding carboxylic acids is 2. The molecule has 0 aromatic heterocycles. The smallest absolute Gasteiger partial charge is 0.410 e. The second-order valence-electron chi connectivity index (χ2n) is 7.38. The van der Waals surface area contributed by atoms with E-state index in [1.165, 1.54) is 0 Å². The van der Waals surface area contributed by atoms with Gasteiger partial charge in [0, 0.05) is 32.1 Å². The molecule has 2 fully saturated rings. The highest BCUT2D eigenvalue weighted by atomic mass is 16.6. The topological polar surface area (TPSA) is 75.9 Å². The highest BCUT2D eigenvalue weighted by Gasteiger charge is 2.34. The zero-order chi connectivity index (χ0) is 16.3. The molecule has 2 rings (SSSR count). The third kappa shape index (κ3) is 4.35. The van der Waals surface area contributed by atoms with Crippen LogP contribution in [0.4, 0.5) is 4.79 Å². The summed E-state index contributed by atoms with van der Waals surface area (Å²) in [5.74, 6) is 0.558. The van der Waals surface area contributed by atoms with Gasteiger partial charge in [0.05, 0.1) is 0 Å². The van der Waals surface area contributed by atoms with Gasteiger partial charge < -0.3 is 20.3 Å². The molecule has 0 radical (unpaired) electrons. The van der Waals surface area contributed by atoms with E-state index in [0.717, 1.165) is 25.8 Å². The van der Waals surface area contributed by atoms with E-state index in [4.69, 9.17) is 10.5 Å². The maximum Gasteiger partial charge on any atom is 0.410 e. The third-order valence-corrected chi connectivity index (χ3v) is 4.45. The number of rotatable bonds is 2. The predicted octanol–water partition coefficient (Wildman–Crippen LogP) is 1.58. The van der Waals surface area contributed by atoms with Gasteiger partial charge in [0.15, 0.2) is 0 Å². The van der Waals surface area contributed by atoms with Crippen molar-refractivity contribution in [2.75, 3.05) is 26.2 Å². The van der Waals surface area contributed by atoms with Gasteiger partial charge in [-0.2, -0.15) is 0 Å². The minimum Gasteiger partial charge on any atom is -0.444 e. The summed E-state index contributed by atoms with van der Waals surface area (Å²) in [7, 11) is 0. The molecule has 22 heavy (non-hydrogen) atoms. The van der Waals surface area contributed by atoms with E-state index in [9.17, 15) is 9.59 Å². The maximum absolute atomic E-state index is 12.2. The van der Waals surface area contributed by atoms with Crippen LogP contribution in [0.2, 0.25) is 0 Å². The van der Waals surface area contributed by atoms with Crippen molar-refractivity contribution in [2.45, 2.75) is 58.1 Å². The molecule has 0 aliphatic carbocycles. The Balaban J connectivity index is 1.82. The lowest BCUT2D eigenvalue weighted by Crippen LogP contribution is -2.52. The van der Waals surface area contributed by atoms with E-state index in [-0.39, 0.29) is 18.0 Å². The van der Waals surface area contributed by atoms with Crippen LogP contribution in [0, 0.1) is 5.92 Å². The zero-order valence-electron chi connectivity index (χ0n) is 14.0. The first kappa shape index (κ1) is 17.1. The molecule has 0 aromatic carbocycles. The average molecular weight is 311 g/mol. The molecule has 2 aliphatic rings. The number of nitrogens with two attached hydrogens (primary N) is 1. The first-order valence-corrected chi connectivity index (χ1v) is 8.27. The van der Waals surface area contributed by atoms with Crippen molar-refractivity contribution < 1.29 is 14.3 Å². The van der Waals surface area contributed by atoms with E-state index < -0.39 is 5.60 Å². The molecule has 0 bridgehead atoms. The Morgan fingerprint density at radius 3 is 2.36 bits per heavy atom. The van der Waals surface area contributed by atoms with E-state index in [0.29, 0.717) is 32.0 Å². The van der Waals surface area contributed by atoms with Gasteiger partial charge in [-0.1, -0.05) is 0 Å². The van der Waals surface area contributed by atoms with Crippen molar-refractivity contribution in [1.82, 2.24) is 9.80 Å². The lowest BCUT2D eigenvalue weighted by atomic mass is 9.93. The summed E-state index contributed by atoms with van der Waals surface area (Å²) < 4.78 is 5.40. The van der Waals surface area contributed by atoms with Crippen molar-refractivity contribution in [2.24, 2.45) is 11.7 Å². The fourth-order valence-corrected chi connectivity index (χ4v) is 3.19. The Bertz CT molecular complexity index is 411. The highest BCUT2D eigenvalue weighted by molar-refractivity contribution is 5.77. The monoisotopic (exact) mass is 311 g/mol. The van der Waals surface area contributed by atoms with Gasteiger partial charge in [0.25, 0.3) is 0 Å². The summed E-state index contributed by atoms with van der Waals surface area (Å²) in [4.78, 5) is 28.0. The molecular weight excluding hydrogens is 282 g/mol. The highest BCUT2D eigenvalue weighted by Crippen LogP contribution is 2.25.